The van der Waals surface area contributed by atoms with E-state index in [-0.39, 0.29) is 23.5 Å². The van der Waals surface area contributed by atoms with E-state index < -0.39 is 0 Å². The van der Waals surface area contributed by atoms with Crippen LogP contribution in [0.2, 0.25) is 0 Å². The number of para-hydroxylation sites is 1. The Balaban J connectivity index is 1.89. The summed E-state index contributed by atoms with van der Waals surface area (Å²) in [4.78, 5) is 4.05. The molecule has 0 radical (unpaired) electrons. The molecule has 6 nitrogen and oxygen atoms in total. The molecule has 1 N–H and O–H groups in total. The first-order chi connectivity index (χ1) is 11.4. The number of aromatic nitrogens is 3. The lowest BCUT2D eigenvalue weighted by Crippen LogP contribution is -2.35. The highest BCUT2D eigenvalue weighted by Gasteiger charge is 2.37. The van der Waals surface area contributed by atoms with Crippen LogP contribution in [0.5, 0.6) is 5.75 Å². The van der Waals surface area contributed by atoms with Crippen molar-refractivity contribution in [3.05, 3.63) is 42.5 Å². The minimum absolute atomic E-state index is 0.00398. The molecule has 0 aliphatic carbocycles. The summed E-state index contributed by atoms with van der Waals surface area (Å²) in [7, 11) is 0. The Morgan fingerprint density at radius 2 is 2.12 bits per heavy atom. The molecule has 24 heavy (non-hydrogen) atoms. The summed E-state index contributed by atoms with van der Waals surface area (Å²) >= 11 is 0. The minimum Gasteiger partial charge on any atom is -0.489 e. The van der Waals surface area contributed by atoms with Gasteiger partial charge in [-0.1, -0.05) is 51.0 Å². The summed E-state index contributed by atoms with van der Waals surface area (Å²) < 4.78 is 7.91. The lowest BCUT2D eigenvalue weighted by Gasteiger charge is -2.30. The van der Waals surface area contributed by atoms with Crippen LogP contribution in [0.1, 0.15) is 51.6 Å². The molecule has 1 aliphatic rings. The number of nitrogens with zero attached hydrogens (tertiary/aromatic N) is 4. The lowest BCUT2D eigenvalue weighted by atomic mass is 9.82. The van der Waals surface area contributed by atoms with Crippen LogP contribution >= 0.6 is 0 Å². The van der Waals surface area contributed by atoms with Crippen molar-refractivity contribution in [1.29, 1.82) is 0 Å². The van der Waals surface area contributed by atoms with Gasteiger partial charge in [-0.3, -0.25) is 0 Å². The van der Waals surface area contributed by atoms with E-state index in [1.807, 2.05) is 39.0 Å². The van der Waals surface area contributed by atoms with Gasteiger partial charge in [0.25, 0.3) is 0 Å². The Kier molecular flexibility index (Phi) is 4.30. The number of hydrogen-bond acceptors (Lipinski definition) is 5. The minimum atomic E-state index is -0.292. The predicted octanol–water partition coefficient (Wildman–Crippen LogP) is 3.65. The molecule has 0 saturated heterocycles. The maximum atomic E-state index is 9.63. The maximum Gasteiger partial charge on any atom is 0.137 e. The third kappa shape index (κ3) is 3.00. The second-order valence-electron chi connectivity index (χ2n) is 7.35. The van der Waals surface area contributed by atoms with Gasteiger partial charge in [0, 0.05) is 23.3 Å². The van der Waals surface area contributed by atoms with Crippen molar-refractivity contribution in [3.8, 4) is 5.75 Å². The highest BCUT2D eigenvalue weighted by atomic mass is 16.5. The molecular weight excluding hydrogens is 304 g/mol. The summed E-state index contributed by atoms with van der Waals surface area (Å²) in [5.74, 6) is 1.21. The van der Waals surface area contributed by atoms with Gasteiger partial charge < -0.3 is 9.94 Å². The van der Waals surface area contributed by atoms with Crippen LogP contribution in [0.4, 0.5) is 0 Å². The van der Waals surface area contributed by atoms with E-state index in [0.29, 0.717) is 12.1 Å². The van der Waals surface area contributed by atoms with Gasteiger partial charge >= 0.3 is 0 Å². The Labute approximate surface area is 142 Å². The third-order valence-corrected chi connectivity index (χ3v) is 4.65. The monoisotopic (exact) mass is 328 g/mol. The van der Waals surface area contributed by atoms with E-state index in [1.54, 1.807) is 11.0 Å². The van der Waals surface area contributed by atoms with Crippen LogP contribution in [0.15, 0.2) is 42.1 Å². The van der Waals surface area contributed by atoms with Crippen molar-refractivity contribution in [2.75, 3.05) is 0 Å². The van der Waals surface area contributed by atoms with Gasteiger partial charge in [-0.05, 0) is 6.07 Å². The van der Waals surface area contributed by atoms with E-state index in [0.717, 1.165) is 5.75 Å². The highest BCUT2D eigenvalue weighted by Crippen LogP contribution is 2.41. The normalized spacial score (nSPS) is 22.1. The van der Waals surface area contributed by atoms with Crippen molar-refractivity contribution in [2.24, 2.45) is 10.6 Å². The molecule has 0 bridgehead atoms. The third-order valence-electron chi connectivity index (χ3n) is 4.65. The van der Waals surface area contributed by atoms with Gasteiger partial charge in [0.2, 0.25) is 0 Å². The Morgan fingerprint density at radius 1 is 1.38 bits per heavy atom. The van der Waals surface area contributed by atoms with E-state index in [1.165, 1.54) is 11.9 Å². The average molecular weight is 328 g/mol. The van der Waals surface area contributed by atoms with Crippen LogP contribution in [-0.2, 0) is 0 Å². The van der Waals surface area contributed by atoms with E-state index in [2.05, 4.69) is 28.2 Å². The SMILES string of the molecule is CC1c2ccccc2OC1CC(C(=NO)C(C)(C)C)n1cncn1. The Morgan fingerprint density at radius 3 is 2.71 bits per heavy atom. The molecular formula is C18H24N4O2. The molecule has 0 spiro atoms. The highest BCUT2D eigenvalue weighted by molar-refractivity contribution is 5.92. The summed E-state index contributed by atoms with van der Waals surface area (Å²) in [6.45, 7) is 8.25. The van der Waals surface area contributed by atoms with Crippen LogP contribution < -0.4 is 4.74 Å². The fourth-order valence-corrected chi connectivity index (χ4v) is 3.34. The fraction of sp³-hybridized carbons (Fsp3) is 0.500. The van der Waals surface area contributed by atoms with Gasteiger partial charge in [0.1, 0.15) is 24.5 Å². The molecule has 3 unspecified atom stereocenters. The molecule has 128 valence electrons. The average Bonchev–Trinajstić information content (AvgIpc) is 3.15. The molecule has 2 heterocycles. The largest absolute Gasteiger partial charge is 0.489 e. The standard InChI is InChI=1S/C18H24N4O2/c1-12-13-7-5-6-8-15(13)24-16(12)9-14(22-11-19-10-20-22)17(21-23)18(2,3)4/h5-8,10-12,14,16,23H,9H2,1-4H3. The van der Waals surface area contributed by atoms with Gasteiger partial charge in [0.15, 0.2) is 0 Å². The van der Waals surface area contributed by atoms with Gasteiger partial charge in [-0.25, -0.2) is 9.67 Å². The van der Waals surface area contributed by atoms with Gasteiger partial charge in [-0.15, -0.1) is 0 Å². The maximum absolute atomic E-state index is 9.63. The summed E-state index contributed by atoms with van der Waals surface area (Å²) in [5.41, 5.74) is 1.60. The van der Waals surface area contributed by atoms with Crippen molar-refractivity contribution < 1.29 is 9.94 Å². The van der Waals surface area contributed by atoms with E-state index >= 15 is 0 Å². The zero-order valence-corrected chi connectivity index (χ0v) is 14.5. The second kappa shape index (κ2) is 6.26. The first kappa shape index (κ1) is 16.5. The summed E-state index contributed by atoms with van der Waals surface area (Å²) in [5, 5.41) is 17.5. The molecule has 2 aromatic rings. The molecule has 0 fully saturated rings. The van der Waals surface area contributed by atoms with E-state index in [9.17, 15) is 5.21 Å². The van der Waals surface area contributed by atoms with Gasteiger partial charge in [0.05, 0.1) is 11.8 Å². The number of ether oxygens (including phenoxy) is 1. The lowest BCUT2D eigenvalue weighted by molar-refractivity contribution is 0.181. The van der Waals surface area contributed by atoms with Crippen LogP contribution in [0.25, 0.3) is 0 Å². The number of benzene rings is 1. The van der Waals surface area contributed by atoms with Crippen LogP contribution in [0.3, 0.4) is 0 Å². The summed E-state index contributed by atoms with van der Waals surface area (Å²) in [6.07, 6.45) is 3.82. The first-order valence-electron chi connectivity index (χ1n) is 8.24. The number of fused-ring (bicyclic) bond motifs is 1. The van der Waals surface area contributed by atoms with Crippen LogP contribution in [-0.4, -0.2) is 31.8 Å². The molecule has 1 aromatic heterocycles. The second-order valence-corrected chi connectivity index (χ2v) is 7.35. The topological polar surface area (TPSA) is 72.5 Å². The Hall–Kier alpha value is -2.37. The van der Waals surface area contributed by atoms with Crippen molar-refractivity contribution in [1.82, 2.24) is 14.8 Å². The van der Waals surface area contributed by atoms with E-state index in [4.69, 9.17) is 4.74 Å². The van der Waals surface area contributed by atoms with Crippen molar-refractivity contribution in [2.45, 2.75) is 52.2 Å². The van der Waals surface area contributed by atoms with Crippen LogP contribution in [0, 0.1) is 5.41 Å². The quantitative estimate of drug-likeness (QED) is 0.528. The molecule has 1 aromatic carbocycles. The molecule has 0 saturated carbocycles. The fourth-order valence-electron chi connectivity index (χ4n) is 3.34. The van der Waals surface area contributed by atoms with Crippen molar-refractivity contribution >= 4 is 5.71 Å². The number of rotatable bonds is 4. The first-order valence-corrected chi connectivity index (χ1v) is 8.24. The molecule has 3 atom stereocenters. The Bertz CT molecular complexity index is 719. The molecule has 0 amide bonds. The molecule has 1 aliphatic heterocycles. The smallest absolute Gasteiger partial charge is 0.137 e. The number of oxime groups is 1. The van der Waals surface area contributed by atoms with Crippen molar-refractivity contribution in [3.63, 3.8) is 0 Å². The zero-order chi connectivity index (χ0) is 17.3. The molecule has 6 heteroatoms. The molecule has 3 rings (SSSR count). The zero-order valence-electron chi connectivity index (χ0n) is 14.5. The number of hydrogen-bond donors (Lipinski definition) is 1. The summed E-state index contributed by atoms with van der Waals surface area (Å²) in [6, 6.07) is 7.92. The predicted molar refractivity (Wildman–Crippen MR) is 91.6 cm³/mol. The van der Waals surface area contributed by atoms with Gasteiger partial charge in [-0.2, -0.15) is 5.10 Å².